The average molecular weight is 156 g/mol. The SMILES string of the molecule is C1CCC(C2CCOC2)OC1. The van der Waals surface area contributed by atoms with Crippen LogP contribution in [-0.4, -0.2) is 25.9 Å². The molecule has 2 fully saturated rings. The summed E-state index contributed by atoms with van der Waals surface area (Å²) in [4.78, 5) is 0. The molecule has 2 atom stereocenters. The Hall–Kier alpha value is -0.0800. The second-order valence-electron chi connectivity index (χ2n) is 3.53. The molecule has 0 aromatic heterocycles. The van der Waals surface area contributed by atoms with E-state index in [-0.39, 0.29) is 0 Å². The molecular formula is C9H16O2. The lowest BCUT2D eigenvalue weighted by Crippen LogP contribution is -2.28. The summed E-state index contributed by atoms with van der Waals surface area (Å²) in [6.07, 6.45) is 5.59. The smallest absolute Gasteiger partial charge is 0.0626 e. The third kappa shape index (κ3) is 1.74. The van der Waals surface area contributed by atoms with Crippen molar-refractivity contribution in [3.63, 3.8) is 0 Å². The van der Waals surface area contributed by atoms with Gasteiger partial charge in [-0.3, -0.25) is 0 Å². The van der Waals surface area contributed by atoms with Gasteiger partial charge in [-0.2, -0.15) is 0 Å². The monoisotopic (exact) mass is 156 g/mol. The van der Waals surface area contributed by atoms with Crippen molar-refractivity contribution in [2.24, 2.45) is 5.92 Å². The summed E-state index contributed by atoms with van der Waals surface area (Å²) in [6.45, 7) is 2.86. The molecule has 0 saturated carbocycles. The molecular weight excluding hydrogens is 140 g/mol. The summed E-state index contributed by atoms with van der Waals surface area (Å²) in [6, 6.07) is 0. The number of hydrogen-bond acceptors (Lipinski definition) is 2. The van der Waals surface area contributed by atoms with Crippen molar-refractivity contribution in [3.05, 3.63) is 0 Å². The minimum absolute atomic E-state index is 0.520. The molecule has 0 spiro atoms. The zero-order chi connectivity index (χ0) is 7.52. The van der Waals surface area contributed by atoms with Gasteiger partial charge in [-0.05, 0) is 25.7 Å². The van der Waals surface area contributed by atoms with E-state index in [4.69, 9.17) is 9.47 Å². The van der Waals surface area contributed by atoms with E-state index in [0.29, 0.717) is 12.0 Å². The molecule has 0 amide bonds. The molecule has 2 heteroatoms. The Balaban J connectivity index is 1.82. The van der Waals surface area contributed by atoms with Crippen LogP contribution in [0.1, 0.15) is 25.7 Å². The van der Waals surface area contributed by atoms with Crippen molar-refractivity contribution in [2.75, 3.05) is 19.8 Å². The molecule has 2 rings (SSSR count). The molecule has 2 saturated heterocycles. The zero-order valence-electron chi connectivity index (χ0n) is 6.92. The third-order valence-corrected chi connectivity index (χ3v) is 2.71. The average Bonchev–Trinajstić information content (AvgIpc) is 2.58. The molecule has 0 radical (unpaired) electrons. The van der Waals surface area contributed by atoms with Crippen molar-refractivity contribution in [2.45, 2.75) is 31.8 Å². The quantitative estimate of drug-likeness (QED) is 0.574. The van der Waals surface area contributed by atoms with Crippen LogP contribution in [0.4, 0.5) is 0 Å². The molecule has 11 heavy (non-hydrogen) atoms. The van der Waals surface area contributed by atoms with Gasteiger partial charge in [-0.1, -0.05) is 0 Å². The molecule has 0 bridgehead atoms. The minimum atomic E-state index is 0.520. The van der Waals surface area contributed by atoms with E-state index in [1.807, 2.05) is 0 Å². The highest BCUT2D eigenvalue weighted by atomic mass is 16.5. The van der Waals surface area contributed by atoms with E-state index in [2.05, 4.69) is 0 Å². The van der Waals surface area contributed by atoms with Crippen molar-refractivity contribution in [1.82, 2.24) is 0 Å². The molecule has 2 nitrogen and oxygen atoms in total. The number of hydrogen-bond donors (Lipinski definition) is 0. The van der Waals surface area contributed by atoms with Gasteiger partial charge in [0.05, 0.1) is 12.7 Å². The van der Waals surface area contributed by atoms with Gasteiger partial charge in [0.15, 0.2) is 0 Å². The van der Waals surface area contributed by atoms with Crippen molar-refractivity contribution >= 4 is 0 Å². The van der Waals surface area contributed by atoms with Gasteiger partial charge in [-0.15, -0.1) is 0 Å². The molecule has 0 aromatic carbocycles. The van der Waals surface area contributed by atoms with E-state index in [0.717, 1.165) is 19.8 Å². The topological polar surface area (TPSA) is 18.5 Å². The fourth-order valence-electron chi connectivity index (χ4n) is 1.98. The number of rotatable bonds is 1. The summed E-state index contributed by atoms with van der Waals surface area (Å²) in [7, 11) is 0. The highest BCUT2D eigenvalue weighted by Gasteiger charge is 2.27. The second kappa shape index (κ2) is 3.55. The van der Waals surface area contributed by atoms with Gasteiger partial charge in [0, 0.05) is 19.1 Å². The zero-order valence-corrected chi connectivity index (χ0v) is 6.92. The molecule has 2 aliphatic heterocycles. The van der Waals surface area contributed by atoms with Crippen LogP contribution in [-0.2, 0) is 9.47 Å². The maximum Gasteiger partial charge on any atom is 0.0626 e. The lowest BCUT2D eigenvalue weighted by molar-refractivity contribution is -0.0226. The van der Waals surface area contributed by atoms with Gasteiger partial charge in [-0.25, -0.2) is 0 Å². The highest BCUT2D eigenvalue weighted by molar-refractivity contribution is 4.76. The largest absolute Gasteiger partial charge is 0.381 e. The fourth-order valence-corrected chi connectivity index (χ4v) is 1.98. The van der Waals surface area contributed by atoms with Gasteiger partial charge in [0.1, 0.15) is 0 Å². The lowest BCUT2D eigenvalue weighted by Gasteiger charge is -2.26. The van der Waals surface area contributed by atoms with Gasteiger partial charge in [0.25, 0.3) is 0 Å². The molecule has 2 aliphatic rings. The van der Waals surface area contributed by atoms with Gasteiger partial charge in [0.2, 0.25) is 0 Å². The maximum absolute atomic E-state index is 5.68. The first-order chi connectivity index (χ1) is 5.47. The molecule has 64 valence electrons. The van der Waals surface area contributed by atoms with Crippen LogP contribution in [0.5, 0.6) is 0 Å². The van der Waals surface area contributed by atoms with E-state index in [1.54, 1.807) is 0 Å². The molecule has 2 unspecified atom stereocenters. The molecule has 0 aliphatic carbocycles. The summed E-state index contributed by atoms with van der Waals surface area (Å²) in [5, 5.41) is 0. The fraction of sp³-hybridized carbons (Fsp3) is 1.00. The first-order valence-corrected chi connectivity index (χ1v) is 4.66. The minimum Gasteiger partial charge on any atom is -0.381 e. The number of ether oxygens (including phenoxy) is 2. The van der Waals surface area contributed by atoms with E-state index in [1.165, 1.54) is 25.7 Å². The summed E-state index contributed by atoms with van der Waals surface area (Å²) < 4.78 is 11.0. The van der Waals surface area contributed by atoms with E-state index >= 15 is 0 Å². The Morgan fingerprint density at radius 1 is 1.00 bits per heavy atom. The van der Waals surface area contributed by atoms with Crippen LogP contribution in [0.15, 0.2) is 0 Å². The predicted molar refractivity (Wildman–Crippen MR) is 42.5 cm³/mol. The van der Waals surface area contributed by atoms with E-state index < -0.39 is 0 Å². The van der Waals surface area contributed by atoms with Crippen molar-refractivity contribution in [3.8, 4) is 0 Å². The van der Waals surface area contributed by atoms with Gasteiger partial charge < -0.3 is 9.47 Å². The predicted octanol–water partition coefficient (Wildman–Crippen LogP) is 1.59. The molecule has 0 N–H and O–H groups in total. The van der Waals surface area contributed by atoms with Crippen molar-refractivity contribution < 1.29 is 9.47 Å². The normalized spacial score (nSPS) is 39.3. The molecule has 2 heterocycles. The first-order valence-electron chi connectivity index (χ1n) is 4.66. The van der Waals surface area contributed by atoms with Crippen molar-refractivity contribution in [1.29, 1.82) is 0 Å². The Bertz CT molecular complexity index is 113. The third-order valence-electron chi connectivity index (χ3n) is 2.71. The van der Waals surface area contributed by atoms with Crippen LogP contribution in [0.3, 0.4) is 0 Å². The summed E-state index contributed by atoms with van der Waals surface area (Å²) in [5.41, 5.74) is 0. The van der Waals surface area contributed by atoms with Crippen LogP contribution in [0.25, 0.3) is 0 Å². The van der Waals surface area contributed by atoms with Crippen LogP contribution >= 0.6 is 0 Å². The highest BCUT2D eigenvalue weighted by Crippen LogP contribution is 2.25. The van der Waals surface area contributed by atoms with Gasteiger partial charge >= 0.3 is 0 Å². The van der Waals surface area contributed by atoms with Crippen LogP contribution in [0.2, 0.25) is 0 Å². The standard InChI is InChI=1S/C9H16O2/c1-2-5-11-9(3-1)8-4-6-10-7-8/h8-9H,1-7H2. The Kier molecular flexibility index (Phi) is 2.44. The second-order valence-corrected chi connectivity index (χ2v) is 3.53. The molecule has 0 aromatic rings. The Morgan fingerprint density at radius 2 is 2.00 bits per heavy atom. The Labute approximate surface area is 67.9 Å². The summed E-state index contributed by atoms with van der Waals surface area (Å²) in [5.74, 6) is 0.704. The maximum atomic E-state index is 5.68. The summed E-state index contributed by atoms with van der Waals surface area (Å²) >= 11 is 0. The van der Waals surface area contributed by atoms with E-state index in [9.17, 15) is 0 Å². The lowest BCUT2D eigenvalue weighted by atomic mass is 9.95. The first kappa shape index (κ1) is 7.56. The van der Waals surface area contributed by atoms with Crippen LogP contribution < -0.4 is 0 Å². The Morgan fingerprint density at radius 3 is 2.64 bits per heavy atom. The van der Waals surface area contributed by atoms with Crippen LogP contribution in [0, 0.1) is 5.92 Å².